The average molecular weight is 195 g/mol. The van der Waals surface area contributed by atoms with Crippen LogP contribution < -0.4 is 5.90 Å². The summed E-state index contributed by atoms with van der Waals surface area (Å²) < 4.78 is 0. The van der Waals surface area contributed by atoms with Gasteiger partial charge in [-0.2, -0.15) is 0 Å². The number of rotatable bonds is 6. The first-order chi connectivity index (χ1) is 6.04. The Labute approximate surface area is 74.3 Å². The molecule has 0 amide bonds. The lowest BCUT2D eigenvalue weighted by Gasteiger charge is -2.16. The molecule has 7 nitrogen and oxygen atoms in total. The van der Waals surface area contributed by atoms with E-state index in [1.165, 1.54) is 0 Å². The quantitative estimate of drug-likeness (QED) is 0.278. The second-order valence-corrected chi connectivity index (χ2v) is 2.45. The highest BCUT2D eigenvalue weighted by molar-refractivity contribution is 5.87. The predicted molar refractivity (Wildman–Crippen MR) is 40.3 cm³/mol. The highest BCUT2D eigenvalue weighted by Crippen LogP contribution is 1.99. The molecule has 0 fully saturated rings. The third-order valence-electron chi connectivity index (χ3n) is 1.43. The normalized spacial score (nSPS) is 17.9. The molecule has 7 heteroatoms. The van der Waals surface area contributed by atoms with Gasteiger partial charge in [0.1, 0.15) is 24.9 Å². The van der Waals surface area contributed by atoms with Crippen LogP contribution in [0.5, 0.6) is 0 Å². The standard InChI is InChI=1S/C6H13NO6/c7-13-2-4(10)6(12)5(11)3(9)1-8/h3-5,8-11H,1-2,7H2/t3-,4?,5+/m1/s1. The van der Waals surface area contributed by atoms with Crippen molar-refractivity contribution in [2.45, 2.75) is 18.3 Å². The molecule has 0 aromatic rings. The molecule has 0 heterocycles. The minimum Gasteiger partial charge on any atom is -0.394 e. The van der Waals surface area contributed by atoms with Crippen molar-refractivity contribution in [2.24, 2.45) is 5.90 Å². The third-order valence-corrected chi connectivity index (χ3v) is 1.43. The Bertz CT molecular complexity index is 163. The minimum absolute atomic E-state index is 0.478. The first-order valence-electron chi connectivity index (χ1n) is 3.55. The monoisotopic (exact) mass is 195 g/mol. The van der Waals surface area contributed by atoms with Gasteiger partial charge in [-0.05, 0) is 0 Å². The highest BCUT2D eigenvalue weighted by atomic mass is 16.6. The van der Waals surface area contributed by atoms with E-state index in [-0.39, 0.29) is 0 Å². The molecule has 0 aromatic heterocycles. The van der Waals surface area contributed by atoms with Gasteiger partial charge in [0.05, 0.1) is 6.61 Å². The van der Waals surface area contributed by atoms with Crippen LogP contribution in [0.3, 0.4) is 0 Å². The molecule has 0 aliphatic heterocycles. The molecule has 3 atom stereocenters. The van der Waals surface area contributed by atoms with Gasteiger partial charge in [0.15, 0.2) is 5.78 Å². The fourth-order valence-corrected chi connectivity index (χ4v) is 0.660. The second-order valence-electron chi connectivity index (χ2n) is 2.45. The predicted octanol–water partition coefficient (Wildman–Crippen LogP) is -3.48. The van der Waals surface area contributed by atoms with Crippen LogP contribution in [0.4, 0.5) is 0 Å². The van der Waals surface area contributed by atoms with Crippen molar-refractivity contribution in [1.29, 1.82) is 0 Å². The maximum atomic E-state index is 10.9. The molecule has 0 saturated heterocycles. The van der Waals surface area contributed by atoms with E-state index >= 15 is 0 Å². The largest absolute Gasteiger partial charge is 0.394 e. The Morgan fingerprint density at radius 3 is 2.31 bits per heavy atom. The van der Waals surface area contributed by atoms with Gasteiger partial charge in [0, 0.05) is 0 Å². The van der Waals surface area contributed by atoms with Crippen molar-refractivity contribution in [1.82, 2.24) is 0 Å². The van der Waals surface area contributed by atoms with Crippen molar-refractivity contribution in [2.75, 3.05) is 13.2 Å². The van der Waals surface area contributed by atoms with E-state index in [0.717, 1.165) is 0 Å². The lowest BCUT2D eigenvalue weighted by Crippen LogP contribution is -2.44. The van der Waals surface area contributed by atoms with E-state index in [1.807, 2.05) is 0 Å². The first kappa shape index (κ1) is 12.4. The van der Waals surface area contributed by atoms with E-state index in [1.54, 1.807) is 0 Å². The molecular weight excluding hydrogens is 182 g/mol. The number of hydrogen-bond donors (Lipinski definition) is 5. The number of hydrogen-bond acceptors (Lipinski definition) is 7. The number of aliphatic hydroxyl groups is 4. The number of Topliss-reactive ketones (excluding diaryl/α,β-unsaturated/α-hetero) is 1. The van der Waals surface area contributed by atoms with Gasteiger partial charge < -0.3 is 25.3 Å². The molecule has 1 unspecified atom stereocenters. The zero-order valence-corrected chi connectivity index (χ0v) is 6.83. The van der Waals surface area contributed by atoms with Crippen molar-refractivity contribution >= 4 is 5.78 Å². The molecule has 0 bridgehead atoms. The Kier molecular flexibility index (Phi) is 5.71. The van der Waals surface area contributed by atoms with E-state index in [0.29, 0.717) is 0 Å². The van der Waals surface area contributed by atoms with Gasteiger partial charge in [0.25, 0.3) is 0 Å². The second kappa shape index (κ2) is 5.97. The lowest BCUT2D eigenvalue weighted by atomic mass is 10.1. The number of carbonyl (C=O) groups excluding carboxylic acids is 1. The molecule has 0 spiro atoms. The summed E-state index contributed by atoms with van der Waals surface area (Å²) >= 11 is 0. The summed E-state index contributed by atoms with van der Waals surface area (Å²) in [6.45, 7) is -1.25. The fraction of sp³-hybridized carbons (Fsp3) is 0.833. The van der Waals surface area contributed by atoms with E-state index in [2.05, 4.69) is 10.7 Å². The summed E-state index contributed by atoms with van der Waals surface area (Å²) in [4.78, 5) is 14.9. The SMILES string of the molecule is NOCC(O)C(=O)[C@@H](O)[C@H](O)CO. The van der Waals surface area contributed by atoms with Gasteiger partial charge in [-0.25, -0.2) is 5.90 Å². The van der Waals surface area contributed by atoms with Gasteiger partial charge in [-0.15, -0.1) is 0 Å². The molecule has 0 aromatic carbocycles. The number of nitrogens with two attached hydrogens (primary N) is 1. The number of ketones is 1. The van der Waals surface area contributed by atoms with Crippen LogP contribution in [0.25, 0.3) is 0 Å². The topological polar surface area (TPSA) is 133 Å². The first-order valence-corrected chi connectivity index (χ1v) is 3.55. The summed E-state index contributed by atoms with van der Waals surface area (Å²) in [5.41, 5.74) is 0. The van der Waals surface area contributed by atoms with Crippen LogP contribution in [-0.2, 0) is 9.63 Å². The number of carbonyl (C=O) groups is 1. The highest BCUT2D eigenvalue weighted by Gasteiger charge is 2.28. The van der Waals surface area contributed by atoms with E-state index < -0.39 is 37.3 Å². The molecular formula is C6H13NO6. The van der Waals surface area contributed by atoms with Crippen LogP contribution in [0, 0.1) is 0 Å². The Morgan fingerprint density at radius 1 is 1.38 bits per heavy atom. The summed E-state index contributed by atoms with van der Waals surface area (Å²) in [5, 5.41) is 35.1. The summed E-state index contributed by atoms with van der Waals surface area (Å²) in [7, 11) is 0. The van der Waals surface area contributed by atoms with Crippen molar-refractivity contribution < 1.29 is 30.1 Å². The van der Waals surface area contributed by atoms with Crippen LogP contribution >= 0.6 is 0 Å². The minimum atomic E-state index is -1.84. The fourth-order valence-electron chi connectivity index (χ4n) is 0.660. The van der Waals surface area contributed by atoms with Gasteiger partial charge in [-0.1, -0.05) is 0 Å². The van der Waals surface area contributed by atoms with Crippen LogP contribution in [-0.4, -0.2) is 57.7 Å². The zero-order chi connectivity index (χ0) is 10.4. The molecule has 6 N–H and O–H groups in total. The molecule has 0 saturated carbocycles. The average Bonchev–Trinajstić information content (AvgIpc) is 2.14. The molecule has 13 heavy (non-hydrogen) atoms. The van der Waals surface area contributed by atoms with Crippen LogP contribution in [0.1, 0.15) is 0 Å². The molecule has 0 rings (SSSR count). The maximum absolute atomic E-state index is 10.9. The molecule has 78 valence electrons. The van der Waals surface area contributed by atoms with E-state index in [4.69, 9.17) is 20.4 Å². The zero-order valence-electron chi connectivity index (χ0n) is 6.83. The van der Waals surface area contributed by atoms with Crippen LogP contribution in [0.15, 0.2) is 0 Å². The third kappa shape index (κ3) is 3.77. The van der Waals surface area contributed by atoms with Crippen molar-refractivity contribution in [3.05, 3.63) is 0 Å². The van der Waals surface area contributed by atoms with Crippen molar-refractivity contribution in [3.63, 3.8) is 0 Å². The van der Waals surface area contributed by atoms with Crippen LogP contribution in [0.2, 0.25) is 0 Å². The summed E-state index contributed by atoms with van der Waals surface area (Å²) in [6, 6.07) is 0. The number of aliphatic hydroxyl groups excluding tert-OH is 4. The smallest absolute Gasteiger partial charge is 0.194 e. The maximum Gasteiger partial charge on any atom is 0.194 e. The molecule has 0 radical (unpaired) electrons. The van der Waals surface area contributed by atoms with Crippen molar-refractivity contribution in [3.8, 4) is 0 Å². The molecule has 0 aliphatic carbocycles. The Morgan fingerprint density at radius 2 is 1.92 bits per heavy atom. The lowest BCUT2D eigenvalue weighted by molar-refractivity contribution is -0.146. The molecule has 0 aliphatic rings. The Hall–Kier alpha value is -0.570. The van der Waals surface area contributed by atoms with Gasteiger partial charge >= 0.3 is 0 Å². The van der Waals surface area contributed by atoms with E-state index in [9.17, 15) is 4.79 Å². The van der Waals surface area contributed by atoms with Gasteiger partial charge in [0.2, 0.25) is 0 Å². The summed E-state index contributed by atoms with van der Waals surface area (Å²) in [6.07, 6.45) is -5.06. The summed E-state index contributed by atoms with van der Waals surface area (Å²) in [5.74, 6) is 3.52. The Balaban J connectivity index is 4.08. The van der Waals surface area contributed by atoms with Gasteiger partial charge in [-0.3, -0.25) is 4.79 Å².